The number of rotatable bonds is 4. The molecule has 0 aliphatic heterocycles. The van der Waals surface area contributed by atoms with Crippen molar-refractivity contribution in [3.63, 3.8) is 0 Å². The average molecular weight is 252 g/mol. The Kier molecular flexibility index (Phi) is 3.97. The molecule has 96 valence electrons. The normalized spacial score (nSPS) is 11.5. The van der Waals surface area contributed by atoms with Gasteiger partial charge in [0.25, 0.3) is 5.56 Å². The minimum atomic E-state index is -4.35. The van der Waals surface area contributed by atoms with Crippen LogP contribution in [-0.4, -0.2) is 28.5 Å². The monoisotopic (exact) mass is 252 g/mol. The molecule has 1 N–H and O–H groups in total. The van der Waals surface area contributed by atoms with Crippen LogP contribution in [0.4, 0.5) is 13.2 Å². The highest BCUT2D eigenvalue weighted by Gasteiger charge is 2.27. The van der Waals surface area contributed by atoms with Crippen LogP contribution >= 0.6 is 0 Å². The van der Waals surface area contributed by atoms with Gasteiger partial charge in [0.1, 0.15) is 5.69 Å². The summed E-state index contributed by atoms with van der Waals surface area (Å²) in [7, 11) is 0. The molecule has 8 heteroatoms. The molecule has 1 aromatic heterocycles. The number of carbonyl (C=O) groups excluding carboxylic acids is 1. The fourth-order valence-electron chi connectivity index (χ4n) is 1.15. The van der Waals surface area contributed by atoms with Gasteiger partial charge in [0.15, 0.2) is 0 Å². The van der Waals surface area contributed by atoms with Crippen LogP contribution in [0.25, 0.3) is 0 Å². The molecule has 0 radical (unpaired) electrons. The quantitative estimate of drug-likeness (QED) is 0.821. The third-order valence-corrected chi connectivity index (χ3v) is 1.90. The molecule has 0 aliphatic carbocycles. The molecule has 1 heterocycles. The Labute approximate surface area is 94.2 Å². The molecule has 0 aliphatic rings. The molecule has 0 saturated heterocycles. The molecule has 1 rings (SSSR count). The molecular weight excluding hydrogens is 241 g/mol. The van der Waals surface area contributed by atoms with E-state index >= 15 is 0 Å². The summed E-state index contributed by atoms with van der Waals surface area (Å²) in [5.74, 6) is -0.768. The van der Waals surface area contributed by atoms with Crippen LogP contribution < -0.4 is 5.56 Å². The summed E-state index contributed by atoms with van der Waals surface area (Å²) in [4.78, 5) is 22.4. The molecule has 5 nitrogen and oxygen atoms in total. The number of alkyl halides is 3. The standard InChI is InChI=1S/C9H11F3N2O3/c1-2-17-8(16)6-5-7(15)14(13-6)4-3-9(10,11)12/h5,13H,2-4H2,1H3. The van der Waals surface area contributed by atoms with Gasteiger partial charge >= 0.3 is 12.1 Å². The number of esters is 1. The maximum absolute atomic E-state index is 11.9. The van der Waals surface area contributed by atoms with E-state index in [1.54, 1.807) is 6.92 Å². The number of carbonyl (C=O) groups is 1. The van der Waals surface area contributed by atoms with Gasteiger partial charge in [-0.25, -0.2) is 4.79 Å². The molecule has 0 saturated carbocycles. The predicted molar refractivity (Wildman–Crippen MR) is 51.7 cm³/mol. The van der Waals surface area contributed by atoms with Gasteiger partial charge in [-0.3, -0.25) is 14.6 Å². The van der Waals surface area contributed by atoms with Crippen molar-refractivity contribution in [3.05, 3.63) is 22.1 Å². The lowest BCUT2D eigenvalue weighted by Gasteiger charge is -2.05. The third-order valence-electron chi connectivity index (χ3n) is 1.90. The Hall–Kier alpha value is -1.73. The van der Waals surface area contributed by atoms with E-state index in [0.717, 1.165) is 10.7 Å². The van der Waals surface area contributed by atoms with Gasteiger partial charge in [-0.1, -0.05) is 0 Å². The zero-order valence-electron chi connectivity index (χ0n) is 9.00. The number of aromatic nitrogens is 2. The van der Waals surface area contributed by atoms with Crippen LogP contribution in [0.15, 0.2) is 10.9 Å². The number of aryl methyl sites for hydroxylation is 1. The molecule has 1 aromatic rings. The minimum absolute atomic E-state index is 0.120. The van der Waals surface area contributed by atoms with Crippen molar-refractivity contribution >= 4 is 5.97 Å². The molecule has 0 bridgehead atoms. The second-order valence-electron chi connectivity index (χ2n) is 3.25. The number of hydrogen-bond donors (Lipinski definition) is 1. The van der Waals surface area contributed by atoms with E-state index in [0.29, 0.717) is 0 Å². The van der Waals surface area contributed by atoms with Crippen molar-refractivity contribution in [1.29, 1.82) is 0 Å². The first-order valence-corrected chi connectivity index (χ1v) is 4.87. The summed E-state index contributed by atoms with van der Waals surface area (Å²) in [5, 5.41) is 2.27. The number of nitrogens with one attached hydrogen (secondary N) is 1. The van der Waals surface area contributed by atoms with Crippen LogP contribution in [0, 0.1) is 0 Å². The van der Waals surface area contributed by atoms with E-state index in [9.17, 15) is 22.8 Å². The first kappa shape index (κ1) is 13.3. The van der Waals surface area contributed by atoms with Crippen LogP contribution in [-0.2, 0) is 11.3 Å². The largest absolute Gasteiger partial charge is 0.461 e. The van der Waals surface area contributed by atoms with Gasteiger partial charge in [0, 0.05) is 6.07 Å². The molecule has 0 atom stereocenters. The Morgan fingerprint density at radius 1 is 1.53 bits per heavy atom. The Balaban J connectivity index is 2.75. The van der Waals surface area contributed by atoms with E-state index in [2.05, 4.69) is 9.84 Å². The summed E-state index contributed by atoms with van der Waals surface area (Å²) in [5.41, 5.74) is -0.851. The fraction of sp³-hybridized carbons (Fsp3) is 0.556. The number of nitrogens with zero attached hydrogens (tertiary/aromatic N) is 1. The first-order valence-electron chi connectivity index (χ1n) is 4.87. The van der Waals surface area contributed by atoms with Gasteiger partial charge in [-0.2, -0.15) is 13.2 Å². The van der Waals surface area contributed by atoms with Crippen LogP contribution in [0.3, 0.4) is 0 Å². The number of H-pyrrole nitrogens is 1. The van der Waals surface area contributed by atoms with Crippen molar-refractivity contribution in [3.8, 4) is 0 Å². The predicted octanol–water partition coefficient (Wildman–Crippen LogP) is 1.31. The zero-order chi connectivity index (χ0) is 13.1. The Morgan fingerprint density at radius 3 is 2.71 bits per heavy atom. The van der Waals surface area contributed by atoms with Crippen LogP contribution in [0.1, 0.15) is 23.8 Å². The smallest absolute Gasteiger partial charge is 0.390 e. The van der Waals surface area contributed by atoms with Gasteiger partial charge in [0.05, 0.1) is 19.6 Å². The minimum Gasteiger partial charge on any atom is -0.461 e. The van der Waals surface area contributed by atoms with Crippen molar-refractivity contribution in [2.24, 2.45) is 0 Å². The van der Waals surface area contributed by atoms with Crippen molar-refractivity contribution in [2.75, 3.05) is 6.61 Å². The van der Waals surface area contributed by atoms with Crippen molar-refractivity contribution < 1.29 is 22.7 Å². The third kappa shape index (κ3) is 3.97. The summed E-state index contributed by atoms with van der Waals surface area (Å²) >= 11 is 0. The summed E-state index contributed by atoms with van der Waals surface area (Å²) < 4.78 is 41.1. The lowest BCUT2D eigenvalue weighted by Crippen LogP contribution is -2.20. The van der Waals surface area contributed by atoms with Gasteiger partial charge in [-0.15, -0.1) is 0 Å². The molecule has 0 spiro atoms. The molecule has 0 amide bonds. The first-order chi connectivity index (χ1) is 7.83. The van der Waals surface area contributed by atoms with Crippen LogP contribution in [0.2, 0.25) is 0 Å². The molecule has 0 unspecified atom stereocenters. The van der Waals surface area contributed by atoms with E-state index in [4.69, 9.17) is 0 Å². The average Bonchev–Trinajstić information content (AvgIpc) is 2.56. The maximum Gasteiger partial charge on any atom is 0.390 e. The number of halogens is 3. The summed E-state index contributed by atoms with van der Waals surface area (Å²) in [6.07, 6.45) is -5.50. The van der Waals surface area contributed by atoms with E-state index in [1.807, 2.05) is 0 Å². The van der Waals surface area contributed by atoms with Gasteiger partial charge in [-0.05, 0) is 6.92 Å². The lowest BCUT2D eigenvalue weighted by molar-refractivity contribution is -0.137. The second kappa shape index (κ2) is 5.07. The van der Waals surface area contributed by atoms with Gasteiger partial charge < -0.3 is 4.74 Å². The van der Waals surface area contributed by atoms with Gasteiger partial charge in [0.2, 0.25) is 0 Å². The molecule has 0 fully saturated rings. The summed E-state index contributed by atoms with van der Waals surface area (Å²) in [6.45, 7) is 1.15. The van der Waals surface area contributed by atoms with E-state index in [-0.39, 0.29) is 12.3 Å². The Morgan fingerprint density at radius 2 is 2.18 bits per heavy atom. The van der Waals surface area contributed by atoms with Crippen LogP contribution in [0.5, 0.6) is 0 Å². The summed E-state index contributed by atoms with van der Waals surface area (Å²) in [6, 6.07) is 0.911. The SMILES string of the molecule is CCOC(=O)c1cc(=O)n(CCC(F)(F)F)[nH]1. The number of aromatic amines is 1. The Bertz CT molecular complexity index is 447. The molecular formula is C9H11F3N2O3. The molecule has 17 heavy (non-hydrogen) atoms. The van der Waals surface area contributed by atoms with E-state index in [1.165, 1.54) is 0 Å². The highest BCUT2D eigenvalue weighted by Crippen LogP contribution is 2.19. The lowest BCUT2D eigenvalue weighted by atomic mass is 10.4. The van der Waals surface area contributed by atoms with E-state index < -0.39 is 30.7 Å². The number of hydrogen-bond acceptors (Lipinski definition) is 3. The topological polar surface area (TPSA) is 64.1 Å². The van der Waals surface area contributed by atoms with Crippen molar-refractivity contribution in [2.45, 2.75) is 26.1 Å². The zero-order valence-corrected chi connectivity index (χ0v) is 9.00. The molecule has 0 aromatic carbocycles. The second-order valence-corrected chi connectivity index (χ2v) is 3.25. The maximum atomic E-state index is 11.9. The highest BCUT2D eigenvalue weighted by molar-refractivity contribution is 5.86. The highest BCUT2D eigenvalue weighted by atomic mass is 19.4. The fourth-order valence-corrected chi connectivity index (χ4v) is 1.15. The van der Waals surface area contributed by atoms with Crippen molar-refractivity contribution in [1.82, 2.24) is 9.78 Å². The number of ether oxygens (including phenoxy) is 1.